The largest absolute Gasteiger partial charge is 0.488 e. The van der Waals surface area contributed by atoms with Crippen molar-refractivity contribution >= 4 is 51.4 Å². The molecule has 1 aliphatic rings. The lowest BCUT2D eigenvalue weighted by molar-refractivity contribution is -0.134. The SMILES string of the molecule is C[C@@H]1CN([C@H](C)CO)C(=O)Cc2cc(NC(=O)Nc3cccc4ccccc34)ccc2O[C@@H]1CN(C)Cc1ccc(C(=O)Nc2ccccc2N)cc1. The number of para-hydroxylation sites is 2. The zero-order chi connectivity index (χ0) is 37.5. The number of urea groups is 1. The van der Waals surface area contributed by atoms with E-state index in [1.54, 1.807) is 47.4 Å². The molecule has 1 heterocycles. The van der Waals surface area contributed by atoms with Gasteiger partial charge in [-0.3, -0.25) is 14.5 Å². The summed E-state index contributed by atoms with van der Waals surface area (Å²) in [5, 5.41) is 20.7. The Hall–Kier alpha value is -5.91. The number of nitrogens with zero attached hydrogens (tertiary/aromatic N) is 2. The summed E-state index contributed by atoms with van der Waals surface area (Å²) < 4.78 is 6.69. The molecule has 0 saturated heterocycles. The lowest BCUT2D eigenvalue weighted by atomic mass is 10.0. The number of carbonyl (C=O) groups is 3. The Labute approximate surface area is 309 Å². The maximum Gasteiger partial charge on any atom is 0.323 e. The number of anilines is 4. The first-order valence-corrected chi connectivity index (χ1v) is 17.8. The van der Waals surface area contributed by atoms with Crippen molar-refractivity contribution in [1.29, 1.82) is 0 Å². The molecule has 6 N–H and O–H groups in total. The summed E-state index contributed by atoms with van der Waals surface area (Å²) in [6.45, 7) is 5.26. The van der Waals surface area contributed by atoms with E-state index in [0.29, 0.717) is 59.3 Å². The quantitative estimate of drug-likeness (QED) is 0.102. The number of nitrogen functional groups attached to an aromatic ring is 1. The maximum absolute atomic E-state index is 13.7. The van der Waals surface area contributed by atoms with Crippen LogP contribution in [0.15, 0.2) is 109 Å². The van der Waals surface area contributed by atoms with E-state index in [2.05, 4.69) is 20.9 Å². The van der Waals surface area contributed by atoms with Crippen molar-refractivity contribution in [3.05, 3.63) is 126 Å². The second-order valence-corrected chi connectivity index (χ2v) is 13.8. The molecule has 0 bridgehead atoms. The van der Waals surface area contributed by atoms with E-state index >= 15 is 0 Å². The molecule has 11 heteroatoms. The minimum absolute atomic E-state index is 0.0478. The zero-order valence-electron chi connectivity index (χ0n) is 30.2. The van der Waals surface area contributed by atoms with Gasteiger partial charge in [0.15, 0.2) is 0 Å². The van der Waals surface area contributed by atoms with Gasteiger partial charge in [0.1, 0.15) is 11.9 Å². The van der Waals surface area contributed by atoms with Crippen LogP contribution in [-0.2, 0) is 17.8 Å². The number of hydrogen-bond acceptors (Lipinski definition) is 7. The van der Waals surface area contributed by atoms with Crippen LogP contribution in [0.1, 0.15) is 35.3 Å². The van der Waals surface area contributed by atoms with E-state index in [-0.39, 0.29) is 42.9 Å². The van der Waals surface area contributed by atoms with Gasteiger partial charge in [0, 0.05) is 47.8 Å². The van der Waals surface area contributed by atoms with Gasteiger partial charge >= 0.3 is 6.03 Å². The van der Waals surface area contributed by atoms with E-state index < -0.39 is 6.03 Å². The van der Waals surface area contributed by atoms with Crippen molar-refractivity contribution < 1.29 is 24.2 Å². The molecule has 0 aliphatic carbocycles. The summed E-state index contributed by atoms with van der Waals surface area (Å²) in [7, 11) is 2.00. The van der Waals surface area contributed by atoms with E-state index in [0.717, 1.165) is 16.3 Å². The van der Waals surface area contributed by atoms with Crippen molar-refractivity contribution in [3.63, 3.8) is 0 Å². The van der Waals surface area contributed by atoms with Crippen LogP contribution in [0.3, 0.4) is 0 Å². The Morgan fingerprint density at radius 2 is 1.64 bits per heavy atom. The van der Waals surface area contributed by atoms with Crippen LogP contribution in [0.4, 0.5) is 27.5 Å². The molecule has 53 heavy (non-hydrogen) atoms. The van der Waals surface area contributed by atoms with Gasteiger partial charge in [-0.05, 0) is 73.5 Å². The number of amides is 4. The van der Waals surface area contributed by atoms with Gasteiger partial charge < -0.3 is 36.4 Å². The summed E-state index contributed by atoms with van der Waals surface area (Å²) in [6, 6.07) is 32.7. The fraction of sp³-hybridized carbons (Fsp3) is 0.262. The van der Waals surface area contributed by atoms with Crippen LogP contribution in [0.5, 0.6) is 5.75 Å². The molecule has 0 fully saturated rings. The normalized spacial score (nSPS) is 16.5. The van der Waals surface area contributed by atoms with Gasteiger partial charge in [-0.15, -0.1) is 0 Å². The number of likely N-dealkylation sites (N-methyl/N-ethyl adjacent to an activating group) is 1. The van der Waals surface area contributed by atoms with Crippen LogP contribution in [-0.4, -0.2) is 71.6 Å². The fourth-order valence-corrected chi connectivity index (χ4v) is 6.59. The average molecular weight is 715 g/mol. The summed E-state index contributed by atoms with van der Waals surface area (Å²) in [5.74, 6) is 0.113. The molecule has 0 unspecified atom stereocenters. The first-order valence-electron chi connectivity index (χ1n) is 17.8. The Morgan fingerprint density at radius 1 is 0.925 bits per heavy atom. The molecule has 6 rings (SSSR count). The first-order chi connectivity index (χ1) is 25.6. The molecule has 0 radical (unpaired) electrons. The monoisotopic (exact) mass is 714 g/mol. The Balaban J connectivity index is 1.16. The summed E-state index contributed by atoms with van der Waals surface area (Å²) in [5.41, 5.74) is 10.4. The third-order valence-electron chi connectivity index (χ3n) is 9.58. The molecule has 0 spiro atoms. The van der Waals surface area contributed by atoms with E-state index in [9.17, 15) is 19.5 Å². The van der Waals surface area contributed by atoms with Crippen LogP contribution in [0, 0.1) is 5.92 Å². The number of hydrogen-bond donors (Lipinski definition) is 5. The first kappa shape index (κ1) is 36.9. The second-order valence-electron chi connectivity index (χ2n) is 13.8. The van der Waals surface area contributed by atoms with Crippen LogP contribution < -0.4 is 26.4 Å². The number of aliphatic hydroxyl groups is 1. The van der Waals surface area contributed by atoms with Crippen LogP contribution in [0.25, 0.3) is 10.8 Å². The number of aliphatic hydroxyl groups excluding tert-OH is 1. The molecule has 0 saturated carbocycles. The van der Waals surface area contributed by atoms with Gasteiger partial charge in [0.2, 0.25) is 5.91 Å². The molecule has 4 amide bonds. The molecular formula is C42H46N6O5. The van der Waals surface area contributed by atoms with E-state index in [1.807, 2.05) is 87.6 Å². The van der Waals surface area contributed by atoms with Gasteiger partial charge in [-0.2, -0.15) is 0 Å². The minimum atomic E-state index is -0.408. The molecule has 5 aromatic rings. The summed E-state index contributed by atoms with van der Waals surface area (Å²) in [4.78, 5) is 43.5. The second kappa shape index (κ2) is 16.6. The van der Waals surface area contributed by atoms with Gasteiger partial charge in [0.25, 0.3) is 5.91 Å². The van der Waals surface area contributed by atoms with Gasteiger partial charge in [-0.25, -0.2) is 4.79 Å². The molecule has 5 aromatic carbocycles. The predicted molar refractivity (Wildman–Crippen MR) is 210 cm³/mol. The fourth-order valence-electron chi connectivity index (χ4n) is 6.59. The highest BCUT2D eigenvalue weighted by atomic mass is 16.5. The van der Waals surface area contributed by atoms with Crippen molar-refractivity contribution in [2.75, 3.05) is 48.4 Å². The molecule has 1 aliphatic heterocycles. The number of carbonyl (C=O) groups excluding carboxylic acids is 3. The number of nitrogens with two attached hydrogens (primary N) is 1. The third kappa shape index (κ3) is 9.12. The van der Waals surface area contributed by atoms with Crippen LogP contribution >= 0.6 is 0 Å². The predicted octanol–water partition coefficient (Wildman–Crippen LogP) is 6.60. The highest BCUT2D eigenvalue weighted by Crippen LogP contribution is 2.30. The molecule has 11 nitrogen and oxygen atoms in total. The number of nitrogens with one attached hydrogen (secondary N) is 3. The number of ether oxygens (including phenoxy) is 1. The minimum Gasteiger partial charge on any atom is -0.488 e. The number of benzene rings is 5. The van der Waals surface area contributed by atoms with E-state index in [4.69, 9.17) is 10.5 Å². The topological polar surface area (TPSA) is 149 Å². The highest BCUT2D eigenvalue weighted by molar-refractivity contribution is 6.07. The smallest absolute Gasteiger partial charge is 0.323 e. The molecule has 3 atom stereocenters. The van der Waals surface area contributed by atoms with Crippen molar-refractivity contribution in [1.82, 2.24) is 9.80 Å². The van der Waals surface area contributed by atoms with E-state index in [1.165, 1.54) is 0 Å². The molecular weight excluding hydrogens is 668 g/mol. The summed E-state index contributed by atoms with van der Waals surface area (Å²) >= 11 is 0. The lowest BCUT2D eigenvalue weighted by Crippen LogP contribution is -2.47. The highest BCUT2D eigenvalue weighted by Gasteiger charge is 2.31. The zero-order valence-corrected chi connectivity index (χ0v) is 30.2. The molecule has 274 valence electrons. The Morgan fingerprint density at radius 3 is 2.42 bits per heavy atom. The number of fused-ring (bicyclic) bond motifs is 2. The van der Waals surface area contributed by atoms with Gasteiger partial charge in [-0.1, -0.05) is 67.6 Å². The summed E-state index contributed by atoms with van der Waals surface area (Å²) in [6.07, 6.45) is -0.264. The molecule has 0 aromatic heterocycles. The Kier molecular flexibility index (Phi) is 11.6. The van der Waals surface area contributed by atoms with Gasteiger partial charge in [0.05, 0.1) is 36.1 Å². The lowest BCUT2D eigenvalue weighted by Gasteiger charge is -2.34. The average Bonchev–Trinajstić information content (AvgIpc) is 3.19. The number of rotatable bonds is 10. The maximum atomic E-state index is 13.7. The Bertz CT molecular complexity index is 2080. The third-order valence-corrected chi connectivity index (χ3v) is 9.58. The standard InChI is InChI=1S/C42H46N6O5/c1-27-23-48(28(2)26-49)40(50)22-32-21-33(44-42(52)46-36-14-8-10-30-9-4-5-11-34(30)36)19-20-38(32)53-39(27)25-47(3)24-29-15-17-31(18-16-29)41(51)45-37-13-7-6-12-35(37)43/h4-21,27-28,39,49H,22-26,43H2,1-3H3,(H,45,51)(H2,44,46,52)/t27-,28-,39-/m1/s1. The van der Waals surface area contributed by atoms with Crippen molar-refractivity contribution in [2.45, 2.75) is 39.0 Å². The van der Waals surface area contributed by atoms with Crippen LogP contribution in [0.2, 0.25) is 0 Å². The van der Waals surface area contributed by atoms with Crippen molar-refractivity contribution in [3.8, 4) is 5.75 Å². The van der Waals surface area contributed by atoms with Crippen molar-refractivity contribution in [2.24, 2.45) is 5.92 Å².